The van der Waals surface area contributed by atoms with Gasteiger partial charge in [-0.05, 0) is 24.1 Å². The number of aromatic nitrogens is 2. The Kier molecular flexibility index (Phi) is 4.97. The molecule has 0 unspecified atom stereocenters. The number of halogens is 3. The van der Waals surface area contributed by atoms with Gasteiger partial charge in [0.25, 0.3) is 0 Å². The minimum absolute atomic E-state index is 0.203. The number of rotatable bonds is 5. The van der Waals surface area contributed by atoms with Gasteiger partial charge in [0.2, 0.25) is 0 Å². The van der Waals surface area contributed by atoms with Crippen molar-refractivity contribution in [1.29, 1.82) is 0 Å². The van der Waals surface area contributed by atoms with Crippen molar-refractivity contribution in [2.75, 3.05) is 12.4 Å². The predicted molar refractivity (Wildman–Crippen MR) is 76.3 cm³/mol. The molecule has 22 heavy (non-hydrogen) atoms. The number of alkyl halides is 3. The van der Waals surface area contributed by atoms with Crippen LogP contribution in [0.15, 0.2) is 30.6 Å². The number of nitrogens with zero attached hydrogens (tertiary/aromatic N) is 2. The van der Waals surface area contributed by atoms with Gasteiger partial charge in [-0.25, -0.2) is 9.97 Å². The van der Waals surface area contributed by atoms with Gasteiger partial charge in [0.05, 0.1) is 17.9 Å². The summed E-state index contributed by atoms with van der Waals surface area (Å²) >= 11 is 0. The van der Waals surface area contributed by atoms with Crippen molar-refractivity contribution in [3.05, 3.63) is 53.0 Å². The summed E-state index contributed by atoms with van der Waals surface area (Å²) in [7, 11) is 1.57. The Bertz CT molecular complexity index is 644. The highest BCUT2D eigenvalue weighted by molar-refractivity contribution is 5.38. The Morgan fingerprint density at radius 2 is 1.95 bits per heavy atom. The van der Waals surface area contributed by atoms with E-state index in [1.165, 1.54) is 25.4 Å². The van der Waals surface area contributed by atoms with Crippen LogP contribution in [-0.2, 0) is 24.1 Å². The van der Waals surface area contributed by atoms with Crippen LogP contribution in [0.5, 0.6) is 0 Å². The largest absolute Gasteiger partial charge is 0.416 e. The number of hydrogen-bond donors (Lipinski definition) is 1. The second kappa shape index (κ2) is 6.74. The highest BCUT2D eigenvalue weighted by Gasteiger charge is 2.31. The normalized spacial score (nSPS) is 11.5. The fourth-order valence-electron chi connectivity index (χ4n) is 2.07. The van der Waals surface area contributed by atoms with Crippen LogP contribution in [-0.4, -0.2) is 17.1 Å². The molecule has 0 bridgehead atoms. The zero-order valence-electron chi connectivity index (χ0n) is 12.2. The third kappa shape index (κ3) is 4.17. The topological polar surface area (TPSA) is 47.0 Å². The molecule has 1 aromatic heterocycles. The van der Waals surface area contributed by atoms with E-state index in [0.29, 0.717) is 19.0 Å². The minimum atomic E-state index is -4.32. The molecule has 1 N–H and O–H groups in total. The number of ether oxygens (including phenoxy) is 1. The van der Waals surface area contributed by atoms with Crippen LogP contribution in [0, 0.1) is 6.92 Å². The lowest BCUT2D eigenvalue weighted by molar-refractivity contribution is -0.138. The van der Waals surface area contributed by atoms with Crippen molar-refractivity contribution in [1.82, 2.24) is 9.97 Å². The number of nitrogens with one attached hydrogen (secondary N) is 1. The third-order valence-corrected chi connectivity index (χ3v) is 3.09. The number of aryl methyl sites for hydroxylation is 1. The quantitative estimate of drug-likeness (QED) is 0.917. The SMILES string of the molecule is COCc1cc(NCc2ccc(C(F)(F)F)c(C)c2)ncn1. The van der Waals surface area contributed by atoms with Crippen molar-refractivity contribution in [3.63, 3.8) is 0 Å². The smallest absolute Gasteiger partial charge is 0.378 e. The Hall–Kier alpha value is -2.15. The lowest BCUT2D eigenvalue weighted by Gasteiger charge is -2.12. The summed E-state index contributed by atoms with van der Waals surface area (Å²) in [6.07, 6.45) is -2.91. The monoisotopic (exact) mass is 311 g/mol. The first-order valence-electron chi connectivity index (χ1n) is 6.60. The van der Waals surface area contributed by atoms with E-state index in [-0.39, 0.29) is 5.56 Å². The van der Waals surface area contributed by atoms with Crippen molar-refractivity contribution < 1.29 is 17.9 Å². The van der Waals surface area contributed by atoms with E-state index in [4.69, 9.17) is 4.74 Å². The second-order valence-electron chi connectivity index (χ2n) is 4.83. The zero-order chi connectivity index (χ0) is 16.2. The van der Waals surface area contributed by atoms with E-state index in [1.54, 1.807) is 13.2 Å². The van der Waals surface area contributed by atoms with E-state index in [9.17, 15) is 13.2 Å². The summed E-state index contributed by atoms with van der Waals surface area (Å²) in [6.45, 7) is 2.20. The number of anilines is 1. The summed E-state index contributed by atoms with van der Waals surface area (Å²) in [5, 5.41) is 3.06. The fraction of sp³-hybridized carbons (Fsp3) is 0.333. The first-order chi connectivity index (χ1) is 10.4. The van der Waals surface area contributed by atoms with Gasteiger partial charge in [0.15, 0.2) is 0 Å². The first-order valence-corrected chi connectivity index (χ1v) is 6.60. The minimum Gasteiger partial charge on any atom is -0.378 e. The molecule has 2 aromatic rings. The molecular formula is C15H16F3N3O. The number of benzene rings is 1. The van der Waals surface area contributed by atoms with Crippen LogP contribution in [0.4, 0.5) is 19.0 Å². The summed E-state index contributed by atoms with van der Waals surface area (Å²) in [5.74, 6) is 0.597. The maximum atomic E-state index is 12.7. The molecular weight excluding hydrogens is 295 g/mol. The predicted octanol–water partition coefficient (Wildman–Crippen LogP) is 3.56. The van der Waals surface area contributed by atoms with Gasteiger partial charge >= 0.3 is 6.18 Å². The van der Waals surface area contributed by atoms with E-state index in [0.717, 1.165) is 17.3 Å². The molecule has 0 saturated carbocycles. The van der Waals surface area contributed by atoms with Crippen molar-refractivity contribution >= 4 is 5.82 Å². The second-order valence-corrected chi connectivity index (χ2v) is 4.83. The zero-order valence-corrected chi connectivity index (χ0v) is 12.2. The molecule has 0 aliphatic rings. The highest BCUT2D eigenvalue weighted by Crippen LogP contribution is 2.32. The molecule has 0 spiro atoms. The van der Waals surface area contributed by atoms with Crippen LogP contribution in [0.2, 0.25) is 0 Å². The van der Waals surface area contributed by atoms with E-state index in [1.807, 2.05) is 0 Å². The van der Waals surface area contributed by atoms with E-state index >= 15 is 0 Å². The maximum Gasteiger partial charge on any atom is 0.416 e. The first kappa shape index (κ1) is 16.2. The van der Waals surface area contributed by atoms with Crippen LogP contribution in [0.1, 0.15) is 22.4 Å². The number of hydrogen-bond acceptors (Lipinski definition) is 4. The molecule has 1 aromatic carbocycles. The Morgan fingerprint density at radius 3 is 2.59 bits per heavy atom. The Labute approximate surface area is 126 Å². The molecule has 0 amide bonds. The fourth-order valence-corrected chi connectivity index (χ4v) is 2.07. The average molecular weight is 311 g/mol. The molecule has 0 aliphatic heterocycles. The molecule has 0 saturated heterocycles. The molecule has 4 nitrogen and oxygen atoms in total. The van der Waals surface area contributed by atoms with Gasteiger partial charge in [-0.2, -0.15) is 13.2 Å². The Morgan fingerprint density at radius 1 is 1.18 bits per heavy atom. The van der Waals surface area contributed by atoms with Gasteiger partial charge in [-0.3, -0.25) is 0 Å². The van der Waals surface area contributed by atoms with E-state index < -0.39 is 11.7 Å². The molecule has 118 valence electrons. The maximum absolute atomic E-state index is 12.7. The van der Waals surface area contributed by atoms with Gasteiger partial charge < -0.3 is 10.1 Å². The van der Waals surface area contributed by atoms with Crippen LogP contribution in [0.25, 0.3) is 0 Å². The summed E-state index contributed by atoms with van der Waals surface area (Å²) in [4.78, 5) is 8.09. The molecule has 0 aliphatic carbocycles. The number of methoxy groups -OCH3 is 1. The molecule has 0 atom stereocenters. The summed E-state index contributed by atoms with van der Waals surface area (Å²) in [5.41, 5.74) is 1.07. The van der Waals surface area contributed by atoms with Crippen molar-refractivity contribution in [2.24, 2.45) is 0 Å². The Balaban J connectivity index is 2.06. The lowest BCUT2D eigenvalue weighted by atomic mass is 10.0. The molecule has 2 rings (SSSR count). The van der Waals surface area contributed by atoms with Crippen LogP contribution < -0.4 is 5.32 Å². The molecule has 7 heteroatoms. The summed E-state index contributed by atoms with van der Waals surface area (Å²) in [6, 6.07) is 5.82. The standard InChI is InChI=1S/C15H16F3N3O/c1-10-5-11(3-4-13(10)15(16,17)18)7-19-14-6-12(8-22-2)20-9-21-14/h3-6,9H,7-8H2,1-2H3,(H,19,20,21). The molecule has 0 radical (unpaired) electrons. The highest BCUT2D eigenvalue weighted by atomic mass is 19.4. The van der Waals surface area contributed by atoms with Crippen molar-refractivity contribution in [2.45, 2.75) is 26.3 Å². The third-order valence-electron chi connectivity index (χ3n) is 3.09. The van der Waals surface area contributed by atoms with Gasteiger partial charge in [-0.1, -0.05) is 12.1 Å². The average Bonchev–Trinajstić information content (AvgIpc) is 2.44. The van der Waals surface area contributed by atoms with Gasteiger partial charge in [-0.15, -0.1) is 0 Å². The van der Waals surface area contributed by atoms with Gasteiger partial charge in [0.1, 0.15) is 12.1 Å². The van der Waals surface area contributed by atoms with E-state index in [2.05, 4.69) is 15.3 Å². The summed E-state index contributed by atoms with van der Waals surface area (Å²) < 4.78 is 43.1. The van der Waals surface area contributed by atoms with Crippen LogP contribution in [0.3, 0.4) is 0 Å². The van der Waals surface area contributed by atoms with Crippen LogP contribution >= 0.6 is 0 Å². The lowest BCUT2D eigenvalue weighted by Crippen LogP contribution is -2.09. The molecule has 1 heterocycles. The molecule has 0 fully saturated rings. The van der Waals surface area contributed by atoms with Gasteiger partial charge in [0, 0.05) is 19.7 Å². The van der Waals surface area contributed by atoms with Crippen molar-refractivity contribution in [3.8, 4) is 0 Å².